The second-order valence-corrected chi connectivity index (χ2v) is 11.9. The molecule has 0 saturated heterocycles. The van der Waals surface area contributed by atoms with Crippen molar-refractivity contribution < 1.29 is 31.0 Å². The smallest absolute Gasteiger partial charge is 0.296 e. The minimum Gasteiger partial charge on any atom is -0.505 e. The molecule has 0 heterocycles. The fourth-order valence-corrected chi connectivity index (χ4v) is 4.98. The molecule has 0 radical (unpaired) electrons. The zero-order valence-electron chi connectivity index (χ0n) is 22.3. The molecule has 222 valence electrons. The van der Waals surface area contributed by atoms with Gasteiger partial charge in [-0.05, 0) is 102 Å². The highest BCUT2D eigenvalue weighted by atomic mass is 32.2. The van der Waals surface area contributed by atoms with Crippen LogP contribution in [0.3, 0.4) is 0 Å². The molecule has 0 aromatic heterocycles. The van der Waals surface area contributed by atoms with Crippen LogP contribution in [0.15, 0.2) is 138 Å². The molecular formula is C28H21N7O7S2. The first-order valence-corrected chi connectivity index (χ1v) is 15.3. The number of azo groups is 3. The summed E-state index contributed by atoms with van der Waals surface area (Å²) in [6, 6.07) is 23.6. The van der Waals surface area contributed by atoms with Gasteiger partial charge in [0, 0.05) is 11.1 Å². The quantitative estimate of drug-likeness (QED) is 0.0745. The maximum absolute atomic E-state index is 12.2. The van der Waals surface area contributed by atoms with Crippen molar-refractivity contribution in [3.63, 3.8) is 0 Å². The molecule has 0 amide bonds. The van der Waals surface area contributed by atoms with E-state index in [9.17, 15) is 26.5 Å². The first-order chi connectivity index (χ1) is 20.9. The van der Waals surface area contributed by atoms with Crippen molar-refractivity contribution in [2.24, 2.45) is 30.7 Å². The van der Waals surface area contributed by atoms with Crippen molar-refractivity contribution in [1.29, 1.82) is 0 Å². The Balaban J connectivity index is 1.39. The molecule has 0 saturated carbocycles. The minimum atomic E-state index is -4.83. The summed E-state index contributed by atoms with van der Waals surface area (Å²) >= 11 is 0. The third-order valence-corrected chi connectivity index (χ3v) is 7.75. The average molecular weight is 632 g/mol. The van der Waals surface area contributed by atoms with Crippen LogP contribution in [0, 0.1) is 0 Å². The summed E-state index contributed by atoms with van der Waals surface area (Å²) in [6.45, 7) is 0. The molecule has 0 spiro atoms. The highest BCUT2D eigenvalue weighted by Crippen LogP contribution is 2.42. The van der Waals surface area contributed by atoms with Gasteiger partial charge < -0.3 is 10.8 Å². The van der Waals surface area contributed by atoms with E-state index in [0.29, 0.717) is 28.4 Å². The maximum Gasteiger partial charge on any atom is 0.296 e. The molecule has 14 nitrogen and oxygen atoms in total. The number of fused-ring (bicyclic) bond motifs is 1. The number of phenolic OH excluding ortho intramolecular Hbond substituents is 1. The Hall–Kier alpha value is -5.42. The van der Waals surface area contributed by atoms with Crippen molar-refractivity contribution in [3.8, 4) is 5.75 Å². The fourth-order valence-electron chi connectivity index (χ4n) is 3.84. The molecule has 0 bridgehead atoms. The fraction of sp³-hybridized carbons (Fsp3) is 0. The lowest BCUT2D eigenvalue weighted by atomic mass is 10.1. The van der Waals surface area contributed by atoms with Crippen LogP contribution in [-0.2, 0) is 20.2 Å². The highest BCUT2D eigenvalue weighted by molar-refractivity contribution is 7.86. The molecule has 0 aliphatic heterocycles. The van der Waals surface area contributed by atoms with Gasteiger partial charge in [0.05, 0.1) is 33.3 Å². The zero-order chi connectivity index (χ0) is 31.5. The van der Waals surface area contributed by atoms with Crippen LogP contribution in [0.4, 0.5) is 39.8 Å². The summed E-state index contributed by atoms with van der Waals surface area (Å²) in [5.41, 5.74) is 7.68. The summed E-state index contributed by atoms with van der Waals surface area (Å²) in [6.07, 6.45) is 0. The predicted molar refractivity (Wildman–Crippen MR) is 162 cm³/mol. The van der Waals surface area contributed by atoms with E-state index in [2.05, 4.69) is 30.7 Å². The van der Waals surface area contributed by atoms with Crippen molar-refractivity contribution in [3.05, 3.63) is 97.1 Å². The van der Waals surface area contributed by atoms with Gasteiger partial charge in [0.1, 0.15) is 10.6 Å². The number of nitrogen functional groups attached to an aromatic ring is 1. The van der Waals surface area contributed by atoms with Crippen molar-refractivity contribution in [2.75, 3.05) is 5.73 Å². The Morgan fingerprint density at radius 3 is 1.45 bits per heavy atom. The first-order valence-electron chi connectivity index (χ1n) is 12.4. The topological polar surface area (TPSA) is 229 Å². The number of rotatable bonds is 8. The number of hydrogen-bond acceptors (Lipinski definition) is 12. The maximum atomic E-state index is 12.2. The van der Waals surface area contributed by atoms with Crippen molar-refractivity contribution in [1.82, 2.24) is 0 Å². The standard InChI is InChI=1S/C28H21N7O7S2/c29-18-1-3-19(4-2-18)32-34-23-11-14-25-17(15-23)16-26(44(40,41)42)27(28(25)36)35-33-21-7-5-20(6-8-21)30-31-22-9-12-24(13-10-22)43(37,38)39/h1-16,36H,29H2,(H,37,38,39)(H,40,41,42). The first kappa shape index (κ1) is 30.1. The Kier molecular flexibility index (Phi) is 8.23. The molecule has 0 atom stereocenters. The van der Waals surface area contributed by atoms with Gasteiger partial charge in [-0.25, -0.2) is 0 Å². The largest absolute Gasteiger partial charge is 0.505 e. The number of nitrogens with zero attached hydrogens (tertiary/aromatic N) is 6. The normalized spacial score (nSPS) is 12.6. The second kappa shape index (κ2) is 12.1. The van der Waals surface area contributed by atoms with Gasteiger partial charge in [0.25, 0.3) is 20.2 Å². The molecule has 0 fully saturated rings. The van der Waals surface area contributed by atoms with Crippen LogP contribution in [0.5, 0.6) is 5.75 Å². The number of aromatic hydroxyl groups is 1. The number of benzene rings is 5. The number of phenols is 1. The van der Waals surface area contributed by atoms with Crippen LogP contribution >= 0.6 is 0 Å². The van der Waals surface area contributed by atoms with Gasteiger partial charge in [-0.1, -0.05) is 0 Å². The van der Waals surface area contributed by atoms with Crippen LogP contribution < -0.4 is 5.73 Å². The Morgan fingerprint density at radius 1 is 0.523 bits per heavy atom. The van der Waals surface area contributed by atoms with Crippen LogP contribution in [0.1, 0.15) is 0 Å². The molecule has 5 N–H and O–H groups in total. The van der Waals surface area contributed by atoms with Gasteiger partial charge >= 0.3 is 0 Å². The van der Waals surface area contributed by atoms with Crippen LogP contribution in [0.2, 0.25) is 0 Å². The molecule has 0 aliphatic carbocycles. The molecule has 0 unspecified atom stereocenters. The lowest BCUT2D eigenvalue weighted by molar-refractivity contribution is 0.472. The molecule has 16 heteroatoms. The summed E-state index contributed by atoms with van der Waals surface area (Å²) in [4.78, 5) is -0.938. The molecule has 44 heavy (non-hydrogen) atoms. The summed E-state index contributed by atoms with van der Waals surface area (Å²) in [5.74, 6) is -0.522. The third-order valence-electron chi connectivity index (χ3n) is 6.02. The molecular weight excluding hydrogens is 610 g/mol. The lowest BCUT2D eigenvalue weighted by Gasteiger charge is -2.09. The van der Waals surface area contributed by atoms with Gasteiger partial charge in [-0.15, -0.1) is 5.11 Å². The Morgan fingerprint density at radius 2 is 0.955 bits per heavy atom. The van der Waals surface area contributed by atoms with E-state index in [0.717, 1.165) is 6.07 Å². The van der Waals surface area contributed by atoms with Gasteiger partial charge in [-0.3, -0.25) is 9.11 Å². The van der Waals surface area contributed by atoms with E-state index in [1.54, 1.807) is 30.3 Å². The van der Waals surface area contributed by atoms with Gasteiger partial charge in [0.2, 0.25) is 0 Å². The van der Waals surface area contributed by atoms with Gasteiger partial charge in [-0.2, -0.15) is 42.4 Å². The Labute approximate surface area is 250 Å². The monoisotopic (exact) mass is 631 g/mol. The van der Waals surface area contributed by atoms with E-state index in [1.165, 1.54) is 60.7 Å². The van der Waals surface area contributed by atoms with Crippen molar-refractivity contribution >= 4 is 70.8 Å². The number of hydrogen-bond donors (Lipinski definition) is 4. The Bertz CT molecular complexity index is 2170. The minimum absolute atomic E-state index is 0.234. The number of anilines is 1. The number of nitrogens with two attached hydrogens (primary N) is 1. The summed E-state index contributed by atoms with van der Waals surface area (Å²) in [5, 5.41) is 35.6. The molecule has 5 aromatic carbocycles. The lowest BCUT2D eigenvalue weighted by Crippen LogP contribution is -1.99. The van der Waals surface area contributed by atoms with E-state index in [1.807, 2.05) is 0 Å². The molecule has 5 rings (SSSR count). The van der Waals surface area contributed by atoms with E-state index >= 15 is 0 Å². The van der Waals surface area contributed by atoms with Crippen LogP contribution in [0.25, 0.3) is 10.8 Å². The average Bonchev–Trinajstić information content (AvgIpc) is 2.99. The predicted octanol–water partition coefficient (Wildman–Crippen LogP) is 7.87. The van der Waals surface area contributed by atoms with Gasteiger partial charge in [0.15, 0.2) is 5.75 Å². The summed E-state index contributed by atoms with van der Waals surface area (Å²) in [7, 11) is -9.15. The molecule has 0 aliphatic rings. The van der Waals surface area contributed by atoms with E-state index < -0.39 is 36.6 Å². The van der Waals surface area contributed by atoms with Crippen LogP contribution in [-0.4, -0.2) is 31.0 Å². The molecule has 5 aromatic rings. The SMILES string of the molecule is Nc1ccc(N=Nc2ccc3c(O)c(N=Nc4ccc(N=Nc5ccc(S(=O)(=O)O)cc5)cc4)c(S(=O)(=O)O)cc3c2)cc1. The zero-order valence-corrected chi connectivity index (χ0v) is 23.9. The third kappa shape index (κ3) is 7.13. The van der Waals surface area contributed by atoms with E-state index in [-0.39, 0.29) is 21.4 Å². The summed E-state index contributed by atoms with van der Waals surface area (Å²) < 4.78 is 65.6. The second-order valence-electron chi connectivity index (χ2n) is 9.13. The van der Waals surface area contributed by atoms with Crippen molar-refractivity contribution in [2.45, 2.75) is 9.79 Å². The highest BCUT2D eigenvalue weighted by Gasteiger charge is 2.22. The van der Waals surface area contributed by atoms with E-state index in [4.69, 9.17) is 10.3 Å².